The fourth-order valence-corrected chi connectivity index (χ4v) is 4.93. The Kier molecular flexibility index (Phi) is 7.23. The van der Waals surface area contributed by atoms with Gasteiger partial charge >= 0.3 is 6.09 Å². The molecule has 160 valence electrons. The molecule has 1 rings (SSSR count). The lowest BCUT2D eigenvalue weighted by Gasteiger charge is -2.41. The smallest absolute Gasteiger partial charge is 0.410 e. The molecule has 1 aliphatic heterocycles. The zero-order chi connectivity index (χ0) is 21.4. The number of carbonyl (C=O) groups excluding carboxylic acids is 1. The fraction of sp³-hybridized carbons (Fsp3) is 0.944. The Bertz CT molecular complexity index is 635. The lowest BCUT2D eigenvalue weighted by Crippen LogP contribution is -2.53. The van der Waals surface area contributed by atoms with E-state index in [9.17, 15) is 13.2 Å². The maximum absolute atomic E-state index is 12.7. The van der Waals surface area contributed by atoms with Crippen molar-refractivity contribution in [3.8, 4) is 0 Å². The summed E-state index contributed by atoms with van der Waals surface area (Å²) in [6.07, 6.45) is 0.131. The second-order valence-corrected chi connectivity index (χ2v) is 16.2. The minimum absolute atomic E-state index is 0.00217. The molecule has 3 atom stereocenters. The average molecular weight is 424 g/mol. The number of carbonyl (C=O) groups is 1. The Morgan fingerprint density at radius 2 is 1.67 bits per heavy atom. The number of ether oxygens (including phenoxy) is 1. The third-order valence-electron chi connectivity index (χ3n) is 5.08. The minimum atomic E-state index is -3.66. The van der Waals surface area contributed by atoms with Gasteiger partial charge in [-0.25, -0.2) is 4.79 Å². The Labute approximate surface area is 166 Å². The predicted molar refractivity (Wildman–Crippen MR) is 109 cm³/mol. The Morgan fingerprint density at radius 3 is 2.07 bits per heavy atom. The van der Waals surface area contributed by atoms with Gasteiger partial charge in [0.05, 0.1) is 24.5 Å². The molecule has 1 fully saturated rings. The van der Waals surface area contributed by atoms with Crippen LogP contribution in [0, 0.1) is 0 Å². The van der Waals surface area contributed by atoms with Crippen molar-refractivity contribution in [2.24, 2.45) is 0 Å². The van der Waals surface area contributed by atoms with E-state index in [1.807, 2.05) is 0 Å². The highest BCUT2D eigenvalue weighted by molar-refractivity contribution is 7.86. The molecule has 1 amide bonds. The third kappa shape index (κ3) is 7.03. The van der Waals surface area contributed by atoms with E-state index in [4.69, 9.17) is 13.3 Å². The second kappa shape index (κ2) is 8.00. The summed E-state index contributed by atoms with van der Waals surface area (Å²) in [7, 11) is -5.77. The molecule has 0 spiro atoms. The van der Waals surface area contributed by atoms with E-state index < -0.39 is 42.3 Å². The Morgan fingerprint density at radius 1 is 1.15 bits per heavy atom. The van der Waals surface area contributed by atoms with E-state index in [2.05, 4.69) is 33.9 Å². The zero-order valence-electron chi connectivity index (χ0n) is 18.5. The van der Waals surface area contributed by atoms with Crippen molar-refractivity contribution in [3.05, 3.63) is 0 Å². The molecule has 9 heteroatoms. The van der Waals surface area contributed by atoms with Crippen molar-refractivity contribution in [2.75, 3.05) is 12.8 Å². The van der Waals surface area contributed by atoms with Crippen LogP contribution in [0.15, 0.2) is 0 Å². The summed E-state index contributed by atoms with van der Waals surface area (Å²) in [4.78, 5) is 14.3. The van der Waals surface area contributed by atoms with Gasteiger partial charge in [0.1, 0.15) is 5.60 Å². The maximum atomic E-state index is 12.7. The SMILES string of the molecule is C[C@H](OS(C)(=O)=O)[C@@H]1[C@@H](O[Si](C)(C)C(C)(C)C)CCN1C(=O)OC(C)(C)C. The van der Waals surface area contributed by atoms with Crippen LogP contribution in [0.5, 0.6) is 0 Å². The largest absolute Gasteiger partial charge is 0.444 e. The average Bonchev–Trinajstić information content (AvgIpc) is 2.76. The van der Waals surface area contributed by atoms with Crippen LogP contribution in [-0.2, 0) is 23.5 Å². The molecule has 1 aliphatic rings. The number of nitrogens with zero attached hydrogens (tertiary/aromatic N) is 1. The van der Waals surface area contributed by atoms with Gasteiger partial charge in [-0.3, -0.25) is 9.08 Å². The van der Waals surface area contributed by atoms with Crippen LogP contribution < -0.4 is 0 Å². The van der Waals surface area contributed by atoms with Crippen LogP contribution in [0.3, 0.4) is 0 Å². The van der Waals surface area contributed by atoms with Gasteiger partial charge in [-0.15, -0.1) is 0 Å². The third-order valence-corrected chi connectivity index (χ3v) is 10.2. The van der Waals surface area contributed by atoms with Crippen molar-refractivity contribution in [3.63, 3.8) is 0 Å². The maximum Gasteiger partial charge on any atom is 0.410 e. The first-order chi connectivity index (χ1) is 11.8. The number of likely N-dealkylation sites (tertiary alicyclic amines) is 1. The van der Waals surface area contributed by atoms with Crippen LogP contribution in [-0.4, -0.2) is 64.4 Å². The first-order valence-corrected chi connectivity index (χ1v) is 14.1. The zero-order valence-corrected chi connectivity index (χ0v) is 20.3. The Balaban J connectivity index is 3.14. The molecule has 0 saturated carbocycles. The highest BCUT2D eigenvalue weighted by Gasteiger charge is 2.48. The number of hydrogen-bond acceptors (Lipinski definition) is 6. The van der Waals surface area contributed by atoms with Crippen LogP contribution in [0.25, 0.3) is 0 Å². The van der Waals surface area contributed by atoms with Crippen LogP contribution >= 0.6 is 0 Å². The first kappa shape index (κ1) is 24.4. The van der Waals surface area contributed by atoms with Crippen molar-refractivity contribution in [2.45, 2.75) is 96.9 Å². The van der Waals surface area contributed by atoms with Crippen molar-refractivity contribution in [1.29, 1.82) is 0 Å². The van der Waals surface area contributed by atoms with Gasteiger partial charge in [0.15, 0.2) is 8.32 Å². The number of rotatable bonds is 5. The monoisotopic (exact) mass is 423 g/mol. The molecule has 7 nitrogen and oxygen atoms in total. The molecular weight excluding hydrogens is 386 g/mol. The van der Waals surface area contributed by atoms with Gasteiger partial charge in [0.2, 0.25) is 0 Å². The van der Waals surface area contributed by atoms with Gasteiger partial charge in [0.25, 0.3) is 10.1 Å². The molecule has 0 aromatic carbocycles. The lowest BCUT2D eigenvalue weighted by atomic mass is 10.1. The standard InChI is InChI=1S/C18H37NO6SSi/c1-13(24-26(8,21)22)15-14(25-27(9,10)18(5,6)7)11-12-19(15)16(20)23-17(2,3)4/h13-15H,11-12H2,1-10H3/t13-,14-,15+/m0/s1. The van der Waals surface area contributed by atoms with Gasteiger partial charge in [-0.1, -0.05) is 20.8 Å². The van der Waals surface area contributed by atoms with Crippen LogP contribution in [0.1, 0.15) is 54.9 Å². The number of hydrogen-bond donors (Lipinski definition) is 0. The van der Waals surface area contributed by atoms with E-state index >= 15 is 0 Å². The molecule has 0 unspecified atom stereocenters. The van der Waals surface area contributed by atoms with Gasteiger partial charge in [0, 0.05) is 6.54 Å². The normalized spacial score (nSPS) is 23.4. The molecule has 0 radical (unpaired) electrons. The summed E-state index contributed by atoms with van der Waals surface area (Å²) < 4.78 is 40.6. The van der Waals surface area contributed by atoms with Crippen LogP contribution in [0.4, 0.5) is 4.79 Å². The molecule has 0 aromatic rings. The van der Waals surface area contributed by atoms with Crippen molar-refractivity contribution < 1.29 is 26.6 Å². The summed E-state index contributed by atoms with van der Waals surface area (Å²) in [5.41, 5.74) is -0.638. The highest BCUT2D eigenvalue weighted by Crippen LogP contribution is 2.40. The highest BCUT2D eigenvalue weighted by atomic mass is 32.2. The lowest BCUT2D eigenvalue weighted by molar-refractivity contribution is -0.00203. The fourth-order valence-electron chi connectivity index (χ4n) is 2.89. The first-order valence-electron chi connectivity index (χ1n) is 9.40. The molecule has 27 heavy (non-hydrogen) atoms. The molecule has 1 saturated heterocycles. The van der Waals surface area contributed by atoms with Gasteiger partial charge < -0.3 is 9.16 Å². The molecule has 1 heterocycles. The molecule has 0 bridgehead atoms. The van der Waals surface area contributed by atoms with Crippen molar-refractivity contribution in [1.82, 2.24) is 4.90 Å². The van der Waals surface area contributed by atoms with Crippen LogP contribution in [0.2, 0.25) is 18.1 Å². The summed E-state index contributed by atoms with van der Waals surface area (Å²) in [5.74, 6) is 0. The van der Waals surface area contributed by atoms with E-state index in [0.717, 1.165) is 6.26 Å². The Hall–Kier alpha value is -0.643. The van der Waals surface area contributed by atoms with Gasteiger partial charge in [-0.05, 0) is 52.2 Å². The minimum Gasteiger partial charge on any atom is -0.444 e. The molecular formula is C18H37NO6SSi. The summed E-state index contributed by atoms with van der Waals surface area (Å²) >= 11 is 0. The molecule has 0 N–H and O–H groups in total. The van der Waals surface area contributed by atoms with Gasteiger partial charge in [-0.2, -0.15) is 8.42 Å². The topological polar surface area (TPSA) is 82.1 Å². The van der Waals surface area contributed by atoms with E-state index in [0.29, 0.717) is 13.0 Å². The number of amides is 1. The second-order valence-electron chi connectivity index (χ2n) is 9.88. The van der Waals surface area contributed by atoms with Crippen molar-refractivity contribution >= 4 is 24.5 Å². The summed E-state index contributed by atoms with van der Waals surface area (Å²) in [5, 5.41) is -0.00217. The molecule has 0 aromatic heterocycles. The van der Waals surface area contributed by atoms with E-state index in [1.54, 1.807) is 32.6 Å². The summed E-state index contributed by atoms with van der Waals surface area (Å²) in [6.45, 7) is 18.2. The quantitative estimate of drug-likeness (QED) is 0.495. The van der Waals surface area contributed by atoms with E-state index in [-0.39, 0.29) is 11.1 Å². The predicted octanol–water partition coefficient (Wildman–Crippen LogP) is 3.75. The molecule has 0 aliphatic carbocycles. The summed E-state index contributed by atoms with van der Waals surface area (Å²) in [6, 6.07) is -0.524. The van der Waals surface area contributed by atoms with E-state index in [1.165, 1.54) is 0 Å².